The van der Waals surface area contributed by atoms with Crippen molar-refractivity contribution in [2.24, 2.45) is 0 Å². The van der Waals surface area contributed by atoms with Gasteiger partial charge in [0.2, 0.25) is 0 Å². The van der Waals surface area contributed by atoms with Crippen molar-refractivity contribution in [1.82, 2.24) is 19.9 Å². The topological polar surface area (TPSA) is 62.7 Å². The van der Waals surface area contributed by atoms with Crippen molar-refractivity contribution < 1.29 is 4.79 Å². The standard InChI is InChI=1S/C15H16N4O/c20-15(18-6-2-9-19-10-8-16-11-19)13-4-1-3-12-5-7-17-14(12)13/h1,3-5,7-8,10-11,17H,2,6,9H2,(H,18,20). The number of carbonyl (C=O) groups excluding carboxylic acids is 1. The number of nitrogens with one attached hydrogen (secondary N) is 2. The molecule has 20 heavy (non-hydrogen) atoms. The normalized spacial score (nSPS) is 10.8. The molecule has 0 aliphatic heterocycles. The van der Waals surface area contributed by atoms with Crippen LogP contribution in [-0.4, -0.2) is 27.0 Å². The number of benzene rings is 1. The molecule has 1 amide bonds. The summed E-state index contributed by atoms with van der Waals surface area (Å²) in [6.45, 7) is 1.50. The predicted molar refractivity (Wildman–Crippen MR) is 77.5 cm³/mol. The Morgan fingerprint density at radius 3 is 3.15 bits per heavy atom. The molecule has 1 aromatic carbocycles. The molecule has 2 aromatic heterocycles. The summed E-state index contributed by atoms with van der Waals surface area (Å²) in [5.74, 6) is -0.0383. The molecular formula is C15H16N4O. The SMILES string of the molecule is O=C(NCCCn1ccnc1)c1cccc2cc[nH]c12. The Bertz CT molecular complexity index is 700. The third kappa shape index (κ3) is 2.56. The van der Waals surface area contributed by atoms with Crippen LogP contribution in [0.1, 0.15) is 16.8 Å². The van der Waals surface area contributed by atoms with E-state index in [2.05, 4.69) is 15.3 Å². The van der Waals surface area contributed by atoms with Crippen LogP contribution >= 0.6 is 0 Å². The summed E-state index contributed by atoms with van der Waals surface area (Å²) in [7, 11) is 0. The number of nitrogens with zero attached hydrogens (tertiary/aromatic N) is 2. The third-order valence-corrected chi connectivity index (χ3v) is 3.27. The fourth-order valence-corrected chi connectivity index (χ4v) is 2.25. The van der Waals surface area contributed by atoms with E-state index in [0.29, 0.717) is 12.1 Å². The van der Waals surface area contributed by atoms with Gasteiger partial charge in [0.05, 0.1) is 17.4 Å². The zero-order valence-electron chi connectivity index (χ0n) is 11.0. The molecule has 2 heterocycles. The summed E-state index contributed by atoms with van der Waals surface area (Å²) < 4.78 is 2.00. The number of carbonyl (C=O) groups is 1. The number of rotatable bonds is 5. The molecular weight excluding hydrogens is 252 g/mol. The van der Waals surface area contributed by atoms with Gasteiger partial charge in [-0.15, -0.1) is 0 Å². The van der Waals surface area contributed by atoms with Crippen LogP contribution in [0.5, 0.6) is 0 Å². The first-order valence-corrected chi connectivity index (χ1v) is 6.64. The molecule has 0 spiro atoms. The Hall–Kier alpha value is -2.56. The molecule has 3 rings (SSSR count). The summed E-state index contributed by atoms with van der Waals surface area (Å²) in [5, 5.41) is 4.00. The zero-order chi connectivity index (χ0) is 13.8. The largest absolute Gasteiger partial charge is 0.361 e. The van der Waals surface area contributed by atoms with E-state index in [-0.39, 0.29) is 5.91 Å². The average Bonchev–Trinajstić information content (AvgIpc) is 3.13. The maximum absolute atomic E-state index is 12.2. The Balaban J connectivity index is 1.58. The summed E-state index contributed by atoms with van der Waals surface area (Å²) in [4.78, 5) is 19.3. The number of imidazole rings is 1. The molecule has 0 aliphatic rings. The van der Waals surface area contributed by atoms with Gasteiger partial charge in [-0.25, -0.2) is 4.98 Å². The molecule has 0 saturated carbocycles. The lowest BCUT2D eigenvalue weighted by Gasteiger charge is -2.06. The summed E-state index contributed by atoms with van der Waals surface area (Å²) in [6.07, 6.45) is 8.18. The third-order valence-electron chi connectivity index (χ3n) is 3.27. The van der Waals surface area contributed by atoms with Gasteiger partial charge in [0.15, 0.2) is 0 Å². The monoisotopic (exact) mass is 268 g/mol. The molecule has 0 atom stereocenters. The number of para-hydroxylation sites is 1. The van der Waals surface area contributed by atoms with Crippen LogP contribution in [0, 0.1) is 0 Å². The van der Waals surface area contributed by atoms with E-state index >= 15 is 0 Å². The van der Waals surface area contributed by atoms with Crippen molar-refractivity contribution in [3.63, 3.8) is 0 Å². The van der Waals surface area contributed by atoms with Crippen molar-refractivity contribution in [2.75, 3.05) is 6.54 Å². The number of fused-ring (bicyclic) bond motifs is 1. The van der Waals surface area contributed by atoms with Crippen molar-refractivity contribution in [3.8, 4) is 0 Å². The molecule has 0 aliphatic carbocycles. The Morgan fingerprint density at radius 1 is 1.35 bits per heavy atom. The van der Waals surface area contributed by atoms with Crippen molar-refractivity contribution in [2.45, 2.75) is 13.0 Å². The number of hydrogen-bond donors (Lipinski definition) is 2. The van der Waals surface area contributed by atoms with Gasteiger partial charge in [-0.3, -0.25) is 4.79 Å². The van der Waals surface area contributed by atoms with Crippen LogP contribution in [0.4, 0.5) is 0 Å². The van der Waals surface area contributed by atoms with Crippen LogP contribution in [0.3, 0.4) is 0 Å². The van der Waals surface area contributed by atoms with Crippen LogP contribution in [0.25, 0.3) is 10.9 Å². The maximum atomic E-state index is 12.2. The quantitative estimate of drug-likeness (QED) is 0.697. The minimum Gasteiger partial charge on any atom is -0.361 e. The number of aromatic amines is 1. The van der Waals surface area contributed by atoms with E-state index in [4.69, 9.17) is 0 Å². The molecule has 0 unspecified atom stereocenters. The van der Waals surface area contributed by atoms with E-state index in [1.54, 1.807) is 12.5 Å². The summed E-state index contributed by atoms with van der Waals surface area (Å²) in [6, 6.07) is 7.69. The molecule has 0 radical (unpaired) electrons. The highest BCUT2D eigenvalue weighted by Crippen LogP contribution is 2.16. The first-order valence-electron chi connectivity index (χ1n) is 6.64. The first-order chi connectivity index (χ1) is 9.84. The van der Waals surface area contributed by atoms with E-state index < -0.39 is 0 Å². The number of amides is 1. The molecule has 3 aromatic rings. The number of hydrogen-bond acceptors (Lipinski definition) is 2. The van der Waals surface area contributed by atoms with Gasteiger partial charge in [0.25, 0.3) is 5.91 Å². The van der Waals surface area contributed by atoms with Gasteiger partial charge in [0, 0.05) is 37.1 Å². The van der Waals surface area contributed by atoms with E-state index in [9.17, 15) is 4.79 Å². The summed E-state index contributed by atoms with van der Waals surface area (Å²) in [5.41, 5.74) is 1.58. The Kier molecular flexibility index (Phi) is 3.50. The van der Waals surface area contributed by atoms with E-state index in [1.165, 1.54) is 0 Å². The first kappa shape index (κ1) is 12.5. The molecule has 0 saturated heterocycles. The van der Waals surface area contributed by atoms with Crippen LogP contribution in [-0.2, 0) is 6.54 Å². The van der Waals surface area contributed by atoms with Gasteiger partial charge < -0.3 is 14.9 Å². The highest BCUT2D eigenvalue weighted by molar-refractivity contribution is 6.05. The lowest BCUT2D eigenvalue weighted by Crippen LogP contribution is -2.25. The van der Waals surface area contributed by atoms with Gasteiger partial charge in [0.1, 0.15) is 0 Å². The minimum atomic E-state index is -0.0383. The molecule has 102 valence electrons. The maximum Gasteiger partial charge on any atom is 0.253 e. The number of H-pyrrole nitrogens is 1. The van der Waals surface area contributed by atoms with Crippen LogP contribution in [0.2, 0.25) is 0 Å². The second-order valence-electron chi connectivity index (χ2n) is 4.66. The lowest BCUT2D eigenvalue weighted by atomic mass is 10.1. The van der Waals surface area contributed by atoms with Gasteiger partial charge in [-0.2, -0.15) is 0 Å². The van der Waals surface area contributed by atoms with E-state index in [0.717, 1.165) is 23.9 Å². The molecule has 0 bridgehead atoms. The van der Waals surface area contributed by atoms with Crippen LogP contribution in [0.15, 0.2) is 49.2 Å². The van der Waals surface area contributed by atoms with Gasteiger partial charge in [-0.05, 0) is 18.6 Å². The average molecular weight is 268 g/mol. The fraction of sp³-hybridized carbons (Fsp3) is 0.200. The molecule has 0 fully saturated rings. The highest BCUT2D eigenvalue weighted by atomic mass is 16.1. The predicted octanol–water partition coefficient (Wildman–Crippen LogP) is 2.18. The second-order valence-corrected chi connectivity index (χ2v) is 4.66. The minimum absolute atomic E-state index is 0.0383. The molecule has 2 N–H and O–H groups in total. The van der Waals surface area contributed by atoms with Crippen molar-refractivity contribution in [3.05, 3.63) is 54.7 Å². The van der Waals surface area contributed by atoms with Gasteiger partial charge >= 0.3 is 0 Å². The van der Waals surface area contributed by atoms with Crippen molar-refractivity contribution >= 4 is 16.8 Å². The lowest BCUT2D eigenvalue weighted by molar-refractivity contribution is 0.0954. The summed E-state index contributed by atoms with van der Waals surface area (Å²) >= 11 is 0. The second kappa shape index (κ2) is 5.61. The van der Waals surface area contributed by atoms with Crippen LogP contribution < -0.4 is 5.32 Å². The Labute approximate surface area is 116 Å². The zero-order valence-corrected chi connectivity index (χ0v) is 11.0. The number of aryl methyl sites for hydroxylation is 1. The van der Waals surface area contributed by atoms with Gasteiger partial charge in [-0.1, -0.05) is 12.1 Å². The number of aromatic nitrogens is 3. The van der Waals surface area contributed by atoms with Crippen molar-refractivity contribution in [1.29, 1.82) is 0 Å². The Morgan fingerprint density at radius 2 is 2.30 bits per heavy atom. The molecule has 5 nitrogen and oxygen atoms in total. The van der Waals surface area contributed by atoms with E-state index in [1.807, 2.05) is 41.2 Å². The molecule has 5 heteroatoms. The fourth-order valence-electron chi connectivity index (χ4n) is 2.25. The smallest absolute Gasteiger partial charge is 0.253 e. The highest BCUT2D eigenvalue weighted by Gasteiger charge is 2.09.